The molecular formula is C26H28Cl2N2O4. The van der Waals surface area contributed by atoms with Gasteiger partial charge in [0.1, 0.15) is 18.1 Å². The molecule has 0 bridgehead atoms. The van der Waals surface area contributed by atoms with Gasteiger partial charge in [-0.05, 0) is 49.2 Å². The fourth-order valence-electron chi connectivity index (χ4n) is 3.49. The van der Waals surface area contributed by atoms with Gasteiger partial charge in [0.05, 0.1) is 23.2 Å². The minimum atomic E-state index is -0.319. The molecule has 0 aliphatic heterocycles. The average molecular weight is 503 g/mol. The zero-order valence-corrected chi connectivity index (χ0v) is 20.8. The number of nitrogens with zero attached hydrogens (tertiary/aromatic N) is 2. The van der Waals surface area contributed by atoms with Crippen LogP contribution in [0, 0.1) is 6.92 Å². The van der Waals surface area contributed by atoms with Crippen LogP contribution in [0.4, 0.5) is 0 Å². The SMILES string of the molecule is COCCN(CC(=O)N(CCc1ccccc1)Cc1ccc(C)o1)C(=O)c1ccc(Cl)c(Cl)c1. The van der Waals surface area contributed by atoms with Crippen LogP contribution in [-0.4, -0.2) is 55.0 Å². The minimum absolute atomic E-state index is 0.100. The number of amides is 2. The molecule has 3 aromatic rings. The van der Waals surface area contributed by atoms with Crippen molar-refractivity contribution in [2.75, 3.05) is 33.4 Å². The molecule has 0 saturated heterocycles. The van der Waals surface area contributed by atoms with Crippen LogP contribution in [0.1, 0.15) is 27.4 Å². The third-order valence-corrected chi connectivity index (χ3v) is 6.09. The Balaban J connectivity index is 1.77. The molecule has 2 aromatic carbocycles. The van der Waals surface area contributed by atoms with Crippen molar-refractivity contribution >= 4 is 35.0 Å². The standard InChI is InChI=1S/C26H28Cl2N2O4/c1-19-8-10-22(34-19)17-29(13-12-20-6-4-3-5-7-20)25(31)18-30(14-15-33-2)26(32)21-9-11-23(27)24(28)16-21/h3-11,16H,12-15,17-18H2,1-2H3. The first-order chi connectivity index (χ1) is 16.4. The summed E-state index contributed by atoms with van der Waals surface area (Å²) in [6, 6.07) is 18.4. The summed E-state index contributed by atoms with van der Waals surface area (Å²) in [4.78, 5) is 29.8. The van der Waals surface area contributed by atoms with Gasteiger partial charge in [0.2, 0.25) is 5.91 Å². The van der Waals surface area contributed by atoms with E-state index < -0.39 is 0 Å². The van der Waals surface area contributed by atoms with Crippen LogP contribution in [0.15, 0.2) is 65.1 Å². The van der Waals surface area contributed by atoms with Gasteiger partial charge < -0.3 is 19.0 Å². The van der Waals surface area contributed by atoms with E-state index in [0.29, 0.717) is 42.5 Å². The van der Waals surface area contributed by atoms with E-state index >= 15 is 0 Å². The Morgan fingerprint density at radius 2 is 1.71 bits per heavy atom. The summed E-state index contributed by atoms with van der Waals surface area (Å²) in [5, 5.41) is 0.641. The average Bonchev–Trinajstić information content (AvgIpc) is 3.25. The number of halogens is 2. The summed E-state index contributed by atoms with van der Waals surface area (Å²) in [5.41, 5.74) is 1.48. The number of hydrogen-bond acceptors (Lipinski definition) is 4. The highest BCUT2D eigenvalue weighted by Crippen LogP contribution is 2.23. The summed E-state index contributed by atoms with van der Waals surface area (Å²) in [6.07, 6.45) is 0.686. The summed E-state index contributed by atoms with van der Waals surface area (Å²) in [7, 11) is 1.55. The smallest absolute Gasteiger partial charge is 0.254 e. The van der Waals surface area contributed by atoms with Gasteiger partial charge in [0.15, 0.2) is 0 Å². The first-order valence-electron chi connectivity index (χ1n) is 11.0. The second-order valence-electron chi connectivity index (χ2n) is 7.91. The van der Waals surface area contributed by atoms with Crippen molar-refractivity contribution in [2.24, 2.45) is 0 Å². The fourth-order valence-corrected chi connectivity index (χ4v) is 3.79. The van der Waals surface area contributed by atoms with Gasteiger partial charge in [-0.1, -0.05) is 53.5 Å². The molecule has 8 heteroatoms. The quantitative estimate of drug-likeness (QED) is 0.359. The number of carbonyl (C=O) groups is 2. The Morgan fingerprint density at radius 3 is 2.35 bits per heavy atom. The Morgan fingerprint density at radius 1 is 0.941 bits per heavy atom. The molecule has 1 aromatic heterocycles. The third-order valence-electron chi connectivity index (χ3n) is 5.35. The molecule has 0 saturated carbocycles. The first kappa shape index (κ1) is 25.8. The molecule has 6 nitrogen and oxygen atoms in total. The minimum Gasteiger partial charge on any atom is -0.464 e. The zero-order chi connectivity index (χ0) is 24.5. The highest BCUT2D eigenvalue weighted by molar-refractivity contribution is 6.42. The number of aryl methyl sites for hydroxylation is 1. The van der Waals surface area contributed by atoms with Gasteiger partial charge in [-0.25, -0.2) is 0 Å². The topological polar surface area (TPSA) is 63.0 Å². The molecule has 0 fully saturated rings. The number of methoxy groups -OCH3 is 1. The van der Waals surface area contributed by atoms with Crippen LogP contribution in [-0.2, 0) is 22.5 Å². The van der Waals surface area contributed by atoms with Gasteiger partial charge in [0.25, 0.3) is 5.91 Å². The molecule has 0 radical (unpaired) electrons. The Bertz CT molecular complexity index is 1100. The van der Waals surface area contributed by atoms with Crippen molar-refractivity contribution < 1.29 is 18.7 Å². The van der Waals surface area contributed by atoms with Crippen LogP contribution in [0.25, 0.3) is 0 Å². The number of benzene rings is 2. The lowest BCUT2D eigenvalue weighted by atomic mass is 10.1. The molecule has 1 heterocycles. The molecule has 0 aliphatic rings. The van der Waals surface area contributed by atoms with Crippen LogP contribution in [0.3, 0.4) is 0 Å². The van der Waals surface area contributed by atoms with E-state index in [1.54, 1.807) is 24.1 Å². The zero-order valence-electron chi connectivity index (χ0n) is 19.3. The maximum atomic E-state index is 13.4. The maximum Gasteiger partial charge on any atom is 0.254 e. The van der Waals surface area contributed by atoms with E-state index in [1.807, 2.05) is 49.4 Å². The highest BCUT2D eigenvalue weighted by Gasteiger charge is 2.23. The number of furan rings is 1. The third kappa shape index (κ3) is 7.35. The summed E-state index contributed by atoms with van der Waals surface area (Å²) < 4.78 is 10.9. The van der Waals surface area contributed by atoms with Crippen molar-refractivity contribution in [2.45, 2.75) is 19.9 Å². The molecular weight excluding hydrogens is 475 g/mol. The molecule has 0 aliphatic carbocycles. The van der Waals surface area contributed by atoms with Crippen molar-refractivity contribution in [1.29, 1.82) is 0 Å². The van der Waals surface area contributed by atoms with Crippen molar-refractivity contribution in [3.05, 3.63) is 93.4 Å². The second-order valence-corrected chi connectivity index (χ2v) is 8.73. The van der Waals surface area contributed by atoms with Crippen molar-refractivity contribution in [3.63, 3.8) is 0 Å². The number of carbonyl (C=O) groups excluding carboxylic acids is 2. The van der Waals surface area contributed by atoms with Gasteiger partial charge in [-0.2, -0.15) is 0 Å². The summed E-state index contributed by atoms with van der Waals surface area (Å²) in [5.74, 6) is 0.968. The largest absolute Gasteiger partial charge is 0.464 e. The van der Waals surface area contributed by atoms with Crippen LogP contribution in [0.5, 0.6) is 0 Å². The van der Waals surface area contributed by atoms with Crippen LogP contribution >= 0.6 is 23.2 Å². The van der Waals surface area contributed by atoms with Crippen molar-refractivity contribution in [3.8, 4) is 0 Å². The summed E-state index contributed by atoms with van der Waals surface area (Å²) in [6.45, 7) is 3.12. The predicted octanol–water partition coefficient (Wildman–Crippen LogP) is 5.25. The second kappa shape index (κ2) is 12.6. The van der Waals surface area contributed by atoms with Gasteiger partial charge in [-0.3, -0.25) is 9.59 Å². The van der Waals surface area contributed by atoms with Crippen molar-refractivity contribution in [1.82, 2.24) is 9.80 Å². The number of hydrogen-bond donors (Lipinski definition) is 0. The molecule has 34 heavy (non-hydrogen) atoms. The molecule has 0 N–H and O–H groups in total. The van der Waals surface area contributed by atoms with E-state index in [4.69, 9.17) is 32.4 Å². The molecule has 0 atom stereocenters. The monoisotopic (exact) mass is 502 g/mol. The lowest BCUT2D eigenvalue weighted by molar-refractivity contribution is -0.132. The van der Waals surface area contributed by atoms with Crippen LogP contribution < -0.4 is 0 Å². The molecule has 0 spiro atoms. The van der Waals surface area contributed by atoms with E-state index in [2.05, 4.69) is 0 Å². The maximum absolute atomic E-state index is 13.4. The Hall–Kier alpha value is -2.80. The molecule has 0 unspecified atom stereocenters. The normalized spacial score (nSPS) is 10.8. The lowest BCUT2D eigenvalue weighted by Gasteiger charge is -2.27. The van der Waals surface area contributed by atoms with E-state index in [1.165, 1.54) is 11.0 Å². The number of ether oxygens (including phenoxy) is 1. The van der Waals surface area contributed by atoms with E-state index in [-0.39, 0.29) is 29.9 Å². The Labute approximate surface area is 210 Å². The van der Waals surface area contributed by atoms with Crippen LogP contribution in [0.2, 0.25) is 10.0 Å². The fraction of sp³-hybridized carbons (Fsp3) is 0.308. The van der Waals surface area contributed by atoms with Gasteiger partial charge in [0, 0.05) is 25.8 Å². The Kier molecular flexibility index (Phi) is 9.57. The molecule has 2 amide bonds. The first-order valence-corrected chi connectivity index (χ1v) is 11.7. The van der Waals surface area contributed by atoms with Gasteiger partial charge in [-0.15, -0.1) is 0 Å². The predicted molar refractivity (Wildman–Crippen MR) is 133 cm³/mol. The van der Waals surface area contributed by atoms with E-state index in [0.717, 1.165) is 11.3 Å². The van der Waals surface area contributed by atoms with E-state index in [9.17, 15) is 9.59 Å². The number of rotatable bonds is 11. The highest BCUT2D eigenvalue weighted by atomic mass is 35.5. The lowest BCUT2D eigenvalue weighted by Crippen LogP contribution is -2.44. The van der Waals surface area contributed by atoms with Gasteiger partial charge >= 0.3 is 0 Å². The molecule has 180 valence electrons. The molecule has 3 rings (SSSR count). The summed E-state index contributed by atoms with van der Waals surface area (Å²) >= 11 is 12.1.